The summed E-state index contributed by atoms with van der Waals surface area (Å²) in [5, 5.41) is 3.20. The number of nitrogens with zero attached hydrogens (tertiary/aromatic N) is 3. The van der Waals surface area contributed by atoms with Gasteiger partial charge >= 0.3 is 0 Å². The number of amides is 1. The molecule has 138 valence electrons. The molecule has 0 spiro atoms. The zero-order chi connectivity index (χ0) is 16.1. The minimum Gasteiger partial charge on any atom is -0.339 e. The highest BCUT2D eigenvalue weighted by Gasteiger charge is 2.23. The Balaban J connectivity index is 0.00000156. The first-order chi connectivity index (χ1) is 11.3. The number of piperidine rings is 1. The first-order valence-corrected chi connectivity index (χ1v) is 8.30. The molecule has 0 unspecified atom stereocenters. The predicted octanol–water partition coefficient (Wildman–Crippen LogP) is 3.18. The minimum absolute atomic E-state index is 0. The second-order valence-electron chi connectivity index (χ2n) is 6.14. The molecule has 0 radical (unpaired) electrons. The van der Waals surface area contributed by atoms with Crippen molar-refractivity contribution < 1.29 is 4.79 Å². The van der Waals surface area contributed by atoms with E-state index >= 15 is 0 Å². The van der Waals surface area contributed by atoms with Gasteiger partial charge in [0.2, 0.25) is 0 Å². The fraction of sp³-hybridized carbons (Fsp3) is 0.444. The highest BCUT2D eigenvalue weighted by molar-refractivity contribution is 5.94. The number of rotatable bonds is 5. The van der Waals surface area contributed by atoms with Crippen molar-refractivity contribution in [1.29, 1.82) is 0 Å². The van der Waals surface area contributed by atoms with Crippen molar-refractivity contribution in [2.24, 2.45) is 5.92 Å². The molecule has 7 heteroatoms. The zero-order valence-electron chi connectivity index (χ0n) is 14.4. The lowest BCUT2D eigenvalue weighted by Gasteiger charge is -2.32. The van der Waals surface area contributed by atoms with Crippen LogP contribution in [0.15, 0.2) is 43.0 Å². The molecule has 1 saturated heterocycles. The van der Waals surface area contributed by atoms with Crippen LogP contribution in [0.1, 0.15) is 29.6 Å². The van der Waals surface area contributed by atoms with Gasteiger partial charge < -0.3 is 14.8 Å². The fourth-order valence-corrected chi connectivity index (χ4v) is 3.14. The third kappa shape index (κ3) is 5.46. The Labute approximate surface area is 161 Å². The summed E-state index contributed by atoms with van der Waals surface area (Å²) in [5.41, 5.74) is 1.78. The van der Waals surface area contributed by atoms with Crippen LogP contribution in [0.2, 0.25) is 0 Å². The van der Waals surface area contributed by atoms with Crippen LogP contribution in [-0.4, -0.2) is 47.0 Å². The smallest absolute Gasteiger partial charge is 0.253 e. The molecular formula is C18H26Cl2N4O. The van der Waals surface area contributed by atoms with E-state index in [9.17, 15) is 4.79 Å². The Hall–Kier alpha value is -1.56. The summed E-state index contributed by atoms with van der Waals surface area (Å²) in [7, 11) is 1.99. The summed E-state index contributed by atoms with van der Waals surface area (Å²) in [5.74, 6) is 0.893. The quantitative estimate of drug-likeness (QED) is 0.860. The number of aromatic nitrogens is 2. The highest BCUT2D eigenvalue weighted by Crippen LogP contribution is 2.21. The normalized spacial score (nSPS) is 14.5. The number of likely N-dealkylation sites (tertiary alicyclic amines) is 1. The molecule has 2 heterocycles. The molecule has 0 atom stereocenters. The number of carbonyl (C=O) groups excluding carboxylic acids is 1. The lowest BCUT2D eigenvalue weighted by atomic mass is 9.93. The van der Waals surface area contributed by atoms with Gasteiger partial charge in [-0.1, -0.05) is 0 Å². The van der Waals surface area contributed by atoms with Crippen molar-refractivity contribution in [3.63, 3.8) is 0 Å². The molecule has 1 fully saturated rings. The first kappa shape index (κ1) is 21.5. The number of imidazole rings is 1. The van der Waals surface area contributed by atoms with Gasteiger partial charge in [-0.15, -0.1) is 24.8 Å². The first-order valence-electron chi connectivity index (χ1n) is 8.30. The van der Waals surface area contributed by atoms with Crippen molar-refractivity contribution >= 4 is 30.7 Å². The second-order valence-corrected chi connectivity index (χ2v) is 6.14. The van der Waals surface area contributed by atoms with Crippen LogP contribution in [0.4, 0.5) is 0 Å². The molecule has 0 bridgehead atoms. The van der Waals surface area contributed by atoms with E-state index in [1.165, 1.54) is 6.42 Å². The van der Waals surface area contributed by atoms with Gasteiger partial charge in [0.15, 0.2) is 0 Å². The minimum atomic E-state index is 0. The molecule has 5 nitrogen and oxygen atoms in total. The SMILES string of the molecule is CNCCC1CCN(C(=O)c2ccc(-n3ccnc3)cc2)CC1.Cl.Cl. The maximum Gasteiger partial charge on any atom is 0.253 e. The van der Waals surface area contributed by atoms with E-state index in [2.05, 4.69) is 10.3 Å². The van der Waals surface area contributed by atoms with Crippen LogP contribution in [0.5, 0.6) is 0 Å². The molecule has 0 aliphatic carbocycles. The molecule has 25 heavy (non-hydrogen) atoms. The Morgan fingerprint density at radius 2 is 1.88 bits per heavy atom. The van der Waals surface area contributed by atoms with Crippen LogP contribution in [-0.2, 0) is 0 Å². The fourth-order valence-electron chi connectivity index (χ4n) is 3.14. The summed E-state index contributed by atoms with van der Waals surface area (Å²) in [4.78, 5) is 18.6. The van der Waals surface area contributed by atoms with Crippen LogP contribution < -0.4 is 5.32 Å². The topological polar surface area (TPSA) is 50.2 Å². The van der Waals surface area contributed by atoms with Crippen LogP contribution in [0.25, 0.3) is 5.69 Å². The molecule has 1 amide bonds. The van der Waals surface area contributed by atoms with Crippen molar-refractivity contribution in [3.05, 3.63) is 48.5 Å². The lowest BCUT2D eigenvalue weighted by molar-refractivity contribution is 0.0687. The second kappa shape index (κ2) is 10.4. The summed E-state index contributed by atoms with van der Waals surface area (Å²) in [6, 6.07) is 7.75. The number of carbonyl (C=O) groups is 1. The molecular weight excluding hydrogens is 359 g/mol. The van der Waals surface area contributed by atoms with E-state index in [1.54, 1.807) is 12.5 Å². The van der Waals surface area contributed by atoms with Gasteiger partial charge in [0.05, 0.1) is 6.33 Å². The van der Waals surface area contributed by atoms with Crippen LogP contribution in [0, 0.1) is 5.92 Å². The maximum absolute atomic E-state index is 12.6. The Kier molecular flexibility index (Phi) is 8.97. The van der Waals surface area contributed by atoms with E-state index in [-0.39, 0.29) is 30.7 Å². The van der Waals surface area contributed by atoms with E-state index in [0.717, 1.165) is 49.6 Å². The van der Waals surface area contributed by atoms with Crippen LogP contribution >= 0.6 is 24.8 Å². The largest absolute Gasteiger partial charge is 0.339 e. The third-order valence-corrected chi connectivity index (χ3v) is 4.62. The molecule has 3 rings (SSSR count). The van der Waals surface area contributed by atoms with Gasteiger partial charge in [-0.05, 0) is 63.0 Å². The number of benzene rings is 1. The zero-order valence-corrected chi connectivity index (χ0v) is 16.1. The van der Waals surface area contributed by atoms with Crippen LogP contribution in [0.3, 0.4) is 0 Å². The molecule has 0 saturated carbocycles. The van der Waals surface area contributed by atoms with Gasteiger partial charge in [-0.3, -0.25) is 4.79 Å². The van der Waals surface area contributed by atoms with Crippen molar-refractivity contribution in [2.45, 2.75) is 19.3 Å². The van der Waals surface area contributed by atoms with E-state index < -0.39 is 0 Å². The van der Waals surface area contributed by atoms with Gasteiger partial charge in [-0.2, -0.15) is 0 Å². The van der Waals surface area contributed by atoms with Gasteiger partial charge in [0.25, 0.3) is 5.91 Å². The van der Waals surface area contributed by atoms with Crippen molar-refractivity contribution in [2.75, 3.05) is 26.7 Å². The molecule has 1 N–H and O–H groups in total. The number of hydrogen-bond acceptors (Lipinski definition) is 3. The molecule has 1 aliphatic heterocycles. The summed E-state index contributed by atoms with van der Waals surface area (Å²) < 4.78 is 1.93. The molecule has 1 aromatic carbocycles. The number of nitrogens with one attached hydrogen (secondary N) is 1. The average Bonchev–Trinajstić information content (AvgIpc) is 3.14. The molecule has 2 aromatic rings. The van der Waals surface area contributed by atoms with Crippen molar-refractivity contribution in [3.8, 4) is 5.69 Å². The van der Waals surface area contributed by atoms with Gasteiger partial charge in [0, 0.05) is 36.7 Å². The van der Waals surface area contributed by atoms with Gasteiger partial charge in [-0.25, -0.2) is 4.98 Å². The van der Waals surface area contributed by atoms with E-state index in [1.807, 2.05) is 47.0 Å². The number of halogens is 2. The summed E-state index contributed by atoms with van der Waals surface area (Å²) in [6.07, 6.45) is 8.83. The lowest BCUT2D eigenvalue weighted by Crippen LogP contribution is -2.38. The Morgan fingerprint density at radius 3 is 2.44 bits per heavy atom. The standard InChI is InChI=1S/C18H24N4O.2ClH/c1-19-9-6-15-7-11-21(12-8-15)18(23)16-2-4-17(5-3-16)22-13-10-20-14-22;;/h2-5,10,13-15,19H,6-9,11-12H2,1H3;2*1H. The number of hydrogen-bond donors (Lipinski definition) is 1. The van der Waals surface area contributed by atoms with E-state index in [4.69, 9.17) is 0 Å². The summed E-state index contributed by atoms with van der Waals surface area (Å²) in [6.45, 7) is 2.81. The highest BCUT2D eigenvalue weighted by atomic mass is 35.5. The third-order valence-electron chi connectivity index (χ3n) is 4.62. The Morgan fingerprint density at radius 1 is 1.20 bits per heavy atom. The monoisotopic (exact) mass is 384 g/mol. The van der Waals surface area contributed by atoms with Gasteiger partial charge in [0.1, 0.15) is 0 Å². The summed E-state index contributed by atoms with van der Waals surface area (Å²) >= 11 is 0. The molecule has 1 aliphatic rings. The van der Waals surface area contributed by atoms with E-state index in [0.29, 0.717) is 0 Å². The molecule has 1 aromatic heterocycles. The average molecular weight is 385 g/mol. The predicted molar refractivity (Wildman–Crippen MR) is 105 cm³/mol. The Bertz CT molecular complexity index is 623. The van der Waals surface area contributed by atoms with Crippen molar-refractivity contribution in [1.82, 2.24) is 19.8 Å². The maximum atomic E-state index is 12.6.